The lowest BCUT2D eigenvalue weighted by molar-refractivity contribution is 0.625. The molecule has 2 N–H and O–H groups in total. The molecule has 5 heteroatoms. The lowest BCUT2D eigenvalue weighted by atomic mass is 10.1. The predicted octanol–water partition coefficient (Wildman–Crippen LogP) is 4.39. The maximum absolute atomic E-state index is 13.3. The van der Waals surface area contributed by atoms with E-state index in [4.69, 9.17) is 11.6 Å². The summed E-state index contributed by atoms with van der Waals surface area (Å²) in [5.74, 6) is -0.610. The Balaban J connectivity index is 1.70. The van der Waals surface area contributed by atoms with Crippen LogP contribution in [0.4, 0.5) is 8.78 Å². The molecule has 3 aromatic rings. The van der Waals surface area contributed by atoms with Gasteiger partial charge < -0.3 is 10.3 Å². The number of nitrogens with one attached hydrogen (secondary N) is 2. The van der Waals surface area contributed by atoms with Crippen LogP contribution in [-0.4, -0.2) is 4.98 Å². The van der Waals surface area contributed by atoms with Crippen LogP contribution in [0, 0.1) is 11.6 Å². The fourth-order valence-corrected chi connectivity index (χ4v) is 2.53. The van der Waals surface area contributed by atoms with Gasteiger partial charge in [-0.2, -0.15) is 0 Å². The van der Waals surface area contributed by atoms with Crippen LogP contribution in [0.25, 0.3) is 10.9 Å². The van der Waals surface area contributed by atoms with Crippen LogP contribution < -0.4 is 5.32 Å². The first-order valence-corrected chi connectivity index (χ1v) is 6.91. The number of aromatic amines is 1. The van der Waals surface area contributed by atoms with E-state index >= 15 is 0 Å². The van der Waals surface area contributed by atoms with Crippen LogP contribution in [0.5, 0.6) is 0 Å². The lowest BCUT2D eigenvalue weighted by Gasteiger charge is -2.06. The van der Waals surface area contributed by atoms with Gasteiger partial charge in [0.05, 0.1) is 0 Å². The third-order valence-corrected chi connectivity index (χ3v) is 3.73. The molecule has 0 aliphatic rings. The second-order valence-corrected chi connectivity index (χ2v) is 5.25. The molecular formula is C16H13ClF2N2. The molecule has 0 radical (unpaired) electrons. The smallest absolute Gasteiger partial charge is 0.124 e. The topological polar surface area (TPSA) is 27.8 Å². The van der Waals surface area contributed by atoms with Gasteiger partial charge in [-0.3, -0.25) is 0 Å². The summed E-state index contributed by atoms with van der Waals surface area (Å²) in [5.41, 5.74) is 2.69. The molecular weight excluding hydrogens is 294 g/mol. The summed E-state index contributed by atoms with van der Waals surface area (Å²) in [5, 5.41) is 4.48. The average Bonchev–Trinajstić information content (AvgIpc) is 2.84. The van der Waals surface area contributed by atoms with Gasteiger partial charge in [0.25, 0.3) is 0 Å². The Morgan fingerprint density at radius 3 is 2.48 bits per heavy atom. The van der Waals surface area contributed by atoms with Crippen molar-refractivity contribution in [3.8, 4) is 0 Å². The molecule has 0 bridgehead atoms. The average molecular weight is 307 g/mol. The van der Waals surface area contributed by atoms with Crippen molar-refractivity contribution in [2.75, 3.05) is 0 Å². The van der Waals surface area contributed by atoms with E-state index < -0.39 is 0 Å². The second-order valence-electron chi connectivity index (χ2n) is 4.84. The number of aromatic nitrogens is 1. The van der Waals surface area contributed by atoms with Crippen LogP contribution in [0.15, 0.2) is 42.6 Å². The first-order valence-electron chi connectivity index (χ1n) is 6.53. The highest BCUT2D eigenvalue weighted by atomic mass is 35.5. The van der Waals surface area contributed by atoms with Gasteiger partial charge in [0.15, 0.2) is 0 Å². The predicted molar refractivity (Wildman–Crippen MR) is 80.2 cm³/mol. The quantitative estimate of drug-likeness (QED) is 0.735. The molecule has 0 saturated carbocycles. The molecule has 2 aromatic carbocycles. The van der Waals surface area contributed by atoms with Gasteiger partial charge in [-0.05, 0) is 41.5 Å². The molecule has 21 heavy (non-hydrogen) atoms. The molecule has 0 saturated heterocycles. The molecule has 1 aromatic heterocycles. The van der Waals surface area contributed by atoms with Crippen LogP contribution in [-0.2, 0) is 13.1 Å². The molecule has 0 aliphatic carbocycles. The summed E-state index contributed by atoms with van der Waals surface area (Å²) in [6, 6.07) is 8.97. The fourth-order valence-electron chi connectivity index (χ4n) is 2.29. The van der Waals surface area contributed by atoms with E-state index in [1.54, 1.807) is 12.1 Å². The molecule has 0 spiro atoms. The summed E-state index contributed by atoms with van der Waals surface area (Å²) in [4.78, 5) is 3.10. The van der Waals surface area contributed by atoms with Gasteiger partial charge in [0, 0.05) is 35.2 Å². The zero-order valence-corrected chi connectivity index (χ0v) is 11.8. The summed E-state index contributed by atoms with van der Waals surface area (Å²) < 4.78 is 26.2. The number of fused-ring (bicyclic) bond motifs is 1. The van der Waals surface area contributed by atoms with Crippen molar-refractivity contribution < 1.29 is 8.78 Å². The minimum atomic E-state index is -0.351. The number of hydrogen-bond acceptors (Lipinski definition) is 1. The van der Waals surface area contributed by atoms with Crippen molar-refractivity contribution >= 4 is 22.5 Å². The van der Waals surface area contributed by atoms with Crippen LogP contribution >= 0.6 is 11.6 Å². The number of benzene rings is 2. The molecule has 1 heterocycles. The van der Waals surface area contributed by atoms with E-state index in [9.17, 15) is 8.78 Å². The van der Waals surface area contributed by atoms with Crippen molar-refractivity contribution in [1.82, 2.24) is 10.3 Å². The van der Waals surface area contributed by atoms with E-state index in [-0.39, 0.29) is 11.6 Å². The van der Waals surface area contributed by atoms with Crippen molar-refractivity contribution in [1.29, 1.82) is 0 Å². The van der Waals surface area contributed by atoms with E-state index in [1.165, 1.54) is 24.3 Å². The highest BCUT2D eigenvalue weighted by Crippen LogP contribution is 2.20. The Morgan fingerprint density at radius 1 is 0.952 bits per heavy atom. The van der Waals surface area contributed by atoms with Gasteiger partial charge >= 0.3 is 0 Å². The number of H-pyrrole nitrogens is 1. The maximum atomic E-state index is 13.3. The Labute approximate surface area is 125 Å². The van der Waals surface area contributed by atoms with Crippen LogP contribution in [0.2, 0.25) is 5.02 Å². The number of rotatable bonds is 4. The summed E-state index contributed by atoms with van der Waals surface area (Å²) in [6.07, 6.45) is 1.85. The standard InChI is InChI=1S/C16H13ClF2N2/c17-15-6-13(19)2-1-10(15)7-20-8-11-9-21-16-4-3-12(18)5-14(11)16/h1-6,9,20-21H,7-8H2. The van der Waals surface area contributed by atoms with Crippen molar-refractivity contribution in [3.05, 3.63) is 70.4 Å². The SMILES string of the molecule is Fc1ccc(CNCc2c[nH]c3ccc(F)cc23)c(Cl)c1. The molecule has 3 rings (SSSR count). The van der Waals surface area contributed by atoms with Crippen molar-refractivity contribution in [3.63, 3.8) is 0 Å². The third-order valence-electron chi connectivity index (χ3n) is 3.38. The molecule has 0 atom stereocenters. The maximum Gasteiger partial charge on any atom is 0.124 e. The molecule has 0 unspecified atom stereocenters. The lowest BCUT2D eigenvalue weighted by Crippen LogP contribution is -2.12. The van der Waals surface area contributed by atoms with Gasteiger partial charge in [-0.15, -0.1) is 0 Å². The Bertz CT molecular complexity index is 783. The highest BCUT2D eigenvalue weighted by Gasteiger charge is 2.06. The first kappa shape index (κ1) is 14.0. The van der Waals surface area contributed by atoms with E-state index in [1.807, 2.05) is 6.20 Å². The largest absolute Gasteiger partial charge is 0.361 e. The van der Waals surface area contributed by atoms with Gasteiger partial charge in [0.2, 0.25) is 0 Å². The van der Waals surface area contributed by atoms with Gasteiger partial charge in [-0.1, -0.05) is 17.7 Å². The zero-order chi connectivity index (χ0) is 14.8. The van der Waals surface area contributed by atoms with Crippen molar-refractivity contribution in [2.45, 2.75) is 13.1 Å². The van der Waals surface area contributed by atoms with Crippen LogP contribution in [0.3, 0.4) is 0 Å². The Hall–Kier alpha value is -1.91. The van der Waals surface area contributed by atoms with E-state index in [2.05, 4.69) is 10.3 Å². The Morgan fingerprint density at radius 2 is 1.67 bits per heavy atom. The van der Waals surface area contributed by atoms with Gasteiger partial charge in [-0.25, -0.2) is 8.78 Å². The highest BCUT2D eigenvalue weighted by molar-refractivity contribution is 6.31. The summed E-state index contributed by atoms with van der Waals surface area (Å²) in [7, 11) is 0. The third kappa shape index (κ3) is 3.06. The molecule has 2 nitrogen and oxygen atoms in total. The first-order chi connectivity index (χ1) is 10.1. The van der Waals surface area contributed by atoms with E-state index in [0.717, 1.165) is 22.0 Å². The van der Waals surface area contributed by atoms with Gasteiger partial charge in [0.1, 0.15) is 11.6 Å². The van der Waals surface area contributed by atoms with Crippen LogP contribution in [0.1, 0.15) is 11.1 Å². The van der Waals surface area contributed by atoms with Crippen molar-refractivity contribution in [2.24, 2.45) is 0 Å². The normalized spacial score (nSPS) is 11.2. The Kier molecular flexibility index (Phi) is 3.90. The molecule has 0 aliphatic heterocycles. The fraction of sp³-hybridized carbons (Fsp3) is 0.125. The summed E-state index contributed by atoms with van der Waals surface area (Å²) in [6.45, 7) is 1.08. The second kappa shape index (κ2) is 5.84. The number of halogens is 3. The zero-order valence-electron chi connectivity index (χ0n) is 11.1. The monoisotopic (exact) mass is 306 g/mol. The van der Waals surface area contributed by atoms with E-state index in [0.29, 0.717) is 18.1 Å². The summed E-state index contributed by atoms with van der Waals surface area (Å²) >= 11 is 5.97. The molecule has 0 fully saturated rings. The number of hydrogen-bond donors (Lipinski definition) is 2. The molecule has 0 amide bonds. The minimum absolute atomic E-state index is 0.259. The minimum Gasteiger partial charge on any atom is -0.361 e. The molecule has 108 valence electrons.